The van der Waals surface area contributed by atoms with Gasteiger partial charge in [-0.05, 0) is 49.6 Å². The molecule has 1 atom stereocenters. The minimum absolute atomic E-state index is 0.0488. The van der Waals surface area contributed by atoms with E-state index in [-0.39, 0.29) is 17.7 Å². The van der Waals surface area contributed by atoms with Crippen molar-refractivity contribution in [3.8, 4) is 0 Å². The highest BCUT2D eigenvalue weighted by Crippen LogP contribution is 2.24. The molecule has 0 saturated carbocycles. The summed E-state index contributed by atoms with van der Waals surface area (Å²) in [7, 11) is -3.39. The van der Waals surface area contributed by atoms with E-state index in [2.05, 4.69) is 5.32 Å². The molecule has 5 nitrogen and oxygen atoms in total. The van der Waals surface area contributed by atoms with Gasteiger partial charge in [-0.2, -0.15) is 4.31 Å². The van der Waals surface area contributed by atoms with E-state index in [1.807, 2.05) is 37.3 Å². The van der Waals surface area contributed by atoms with Gasteiger partial charge in [0.1, 0.15) is 0 Å². The molecule has 1 heterocycles. The minimum atomic E-state index is -3.39. The van der Waals surface area contributed by atoms with Crippen molar-refractivity contribution >= 4 is 27.7 Å². The number of amides is 1. The van der Waals surface area contributed by atoms with Crippen molar-refractivity contribution in [1.82, 2.24) is 9.62 Å². The molecule has 1 fully saturated rings. The maximum absolute atomic E-state index is 12.5. The third-order valence-electron chi connectivity index (χ3n) is 4.57. The lowest BCUT2D eigenvalue weighted by Gasteiger charge is -2.16. The van der Waals surface area contributed by atoms with Crippen LogP contribution >= 0.6 is 11.8 Å². The summed E-state index contributed by atoms with van der Waals surface area (Å²) >= 11 is 1.40. The number of nitrogens with one attached hydrogen (secondary N) is 1. The molecule has 3 rings (SSSR count). The first kappa shape index (κ1) is 19.9. The molecule has 1 amide bonds. The summed E-state index contributed by atoms with van der Waals surface area (Å²) in [5.74, 6) is 0.236. The molecular weight excluding hydrogens is 380 g/mol. The normalized spacial score (nSPS) is 16.2. The molecule has 1 N–H and O–H groups in total. The van der Waals surface area contributed by atoms with E-state index in [4.69, 9.17) is 0 Å². The molecule has 0 radical (unpaired) electrons. The highest BCUT2D eigenvalue weighted by Gasteiger charge is 2.26. The number of benzene rings is 2. The molecule has 0 bridgehead atoms. The smallest absolute Gasteiger partial charge is 0.243 e. The Morgan fingerprint density at radius 3 is 2.33 bits per heavy atom. The Morgan fingerprint density at radius 2 is 1.70 bits per heavy atom. The lowest BCUT2D eigenvalue weighted by molar-refractivity contribution is -0.119. The molecule has 0 unspecified atom stereocenters. The topological polar surface area (TPSA) is 66.5 Å². The second-order valence-corrected chi connectivity index (χ2v) is 9.56. The van der Waals surface area contributed by atoms with Crippen molar-refractivity contribution in [3.63, 3.8) is 0 Å². The molecule has 144 valence electrons. The molecule has 0 aliphatic carbocycles. The molecule has 0 aromatic heterocycles. The van der Waals surface area contributed by atoms with E-state index >= 15 is 0 Å². The average Bonchev–Trinajstić information content (AvgIpc) is 3.23. The van der Waals surface area contributed by atoms with Gasteiger partial charge < -0.3 is 5.32 Å². The van der Waals surface area contributed by atoms with Crippen molar-refractivity contribution < 1.29 is 13.2 Å². The van der Waals surface area contributed by atoms with Crippen LogP contribution < -0.4 is 5.32 Å². The van der Waals surface area contributed by atoms with Gasteiger partial charge in [-0.25, -0.2) is 8.42 Å². The van der Waals surface area contributed by atoms with E-state index in [0.29, 0.717) is 18.0 Å². The van der Waals surface area contributed by atoms with Crippen LogP contribution in [0.3, 0.4) is 0 Å². The molecule has 2 aromatic rings. The number of sulfonamides is 1. The number of carbonyl (C=O) groups excluding carboxylic acids is 1. The fourth-order valence-corrected chi connectivity index (χ4v) is 5.27. The number of nitrogens with zero attached hydrogens (tertiary/aromatic N) is 1. The van der Waals surface area contributed by atoms with Gasteiger partial charge in [-0.15, -0.1) is 11.8 Å². The van der Waals surface area contributed by atoms with Crippen LogP contribution in [0.4, 0.5) is 0 Å². The summed E-state index contributed by atoms with van der Waals surface area (Å²) in [5, 5.41) is 2.98. The van der Waals surface area contributed by atoms with Gasteiger partial charge in [-0.3, -0.25) is 4.79 Å². The molecule has 1 aliphatic rings. The maximum atomic E-state index is 12.5. The minimum Gasteiger partial charge on any atom is -0.349 e. The Morgan fingerprint density at radius 1 is 1.07 bits per heavy atom. The fraction of sp³-hybridized carbons (Fsp3) is 0.350. The Kier molecular flexibility index (Phi) is 6.57. The van der Waals surface area contributed by atoms with Crippen molar-refractivity contribution in [2.24, 2.45) is 0 Å². The summed E-state index contributed by atoms with van der Waals surface area (Å²) in [5.41, 5.74) is 1.06. The lowest BCUT2D eigenvalue weighted by Crippen LogP contribution is -2.28. The number of carbonyl (C=O) groups is 1. The van der Waals surface area contributed by atoms with Crippen molar-refractivity contribution in [2.45, 2.75) is 35.6 Å². The van der Waals surface area contributed by atoms with Crippen molar-refractivity contribution in [1.29, 1.82) is 0 Å². The van der Waals surface area contributed by atoms with Gasteiger partial charge >= 0.3 is 0 Å². The molecular formula is C20H24N2O3S2. The number of hydrogen-bond donors (Lipinski definition) is 1. The predicted octanol–water partition coefficient (Wildman–Crippen LogP) is 3.44. The maximum Gasteiger partial charge on any atom is 0.243 e. The van der Waals surface area contributed by atoms with Gasteiger partial charge in [0, 0.05) is 18.0 Å². The molecule has 7 heteroatoms. The zero-order valence-electron chi connectivity index (χ0n) is 15.3. The van der Waals surface area contributed by atoms with E-state index in [1.165, 1.54) is 16.1 Å². The van der Waals surface area contributed by atoms with Crippen molar-refractivity contribution in [3.05, 3.63) is 60.2 Å². The average molecular weight is 405 g/mol. The summed E-state index contributed by atoms with van der Waals surface area (Å²) < 4.78 is 26.6. The molecule has 27 heavy (non-hydrogen) atoms. The van der Waals surface area contributed by atoms with Crippen LogP contribution in [-0.2, 0) is 14.8 Å². The Bertz CT molecular complexity index is 862. The van der Waals surface area contributed by atoms with Crippen LogP contribution in [-0.4, -0.2) is 37.5 Å². The van der Waals surface area contributed by atoms with Crippen LogP contribution in [0.2, 0.25) is 0 Å². The number of hydrogen-bond acceptors (Lipinski definition) is 4. The quantitative estimate of drug-likeness (QED) is 0.718. The molecule has 2 aromatic carbocycles. The summed E-state index contributed by atoms with van der Waals surface area (Å²) in [6.07, 6.45) is 1.84. The summed E-state index contributed by atoms with van der Waals surface area (Å²) in [6, 6.07) is 16.5. The zero-order valence-corrected chi connectivity index (χ0v) is 16.9. The van der Waals surface area contributed by atoms with Crippen LogP contribution in [0, 0.1) is 0 Å². The Hall–Kier alpha value is -1.83. The molecule has 0 spiro atoms. The monoisotopic (exact) mass is 404 g/mol. The largest absolute Gasteiger partial charge is 0.349 e. The number of thioether (sulfide) groups is 1. The van der Waals surface area contributed by atoms with Crippen LogP contribution in [0.15, 0.2) is 64.4 Å². The SMILES string of the molecule is C[C@H](NC(=O)CSc1ccc(S(=O)(=O)N2CCCC2)cc1)c1ccccc1. The second-order valence-electron chi connectivity index (χ2n) is 6.57. The third-order valence-corrected chi connectivity index (χ3v) is 7.50. The lowest BCUT2D eigenvalue weighted by atomic mass is 10.1. The highest BCUT2D eigenvalue weighted by atomic mass is 32.2. The summed E-state index contributed by atoms with van der Waals surface area (Å²) in [4.78, 5) is 13.4. The van der Waals surface area contributed by atoms with Gasteiger partial charge in [0.2, 0.25) is 15.9 Å². The standard InChI is InChI=1S/C20H24N2O3S2/c1-16(17-7-3-2-4-8-17)21-20(23)15-26-18-9-11-19(12-10-18)27(24,25)22-13-5-6-14-22/h2-4,7-12,16H,5-6,13-15H2,1H3,(H,21,23)/t16-/m0/s1. The first-order valence-electron chi connectivity index (χ1n) is 9.04. The highest BCUT2D eigenvalue weighted by molar-refractivity contribution is 8.00. The van der Waals surface area contributed by atoms with Gasteiger partial charge in [0.25, 0.3) is 0 Å². The molecule has 1 saturated heterocycles. The van der Waals surface area contributed by atoms with Gasteiger partial charge in [0.05, 0.1) is 16.7 Å². The predicted molar refractivity (Wildman–Crippen MR) is 108 cm³/mol. The second kappa shape index (κ2) is 8.91. The fourth-order valence-electron chi connectivity index (χ4n) is 3.04. The summed E-state index contributed by atoms with van der Waals surface area (Å²) in [6.45, 7) is 3.15. The Balaban J connectivity index is 1.53. The third kappa shape index (κ3) is 5.12. The van der Waals surface area contributed by atoms with Crippen LogP contribution in [0.5, 0.6) is 0 Å². The van der Waals surface area contributed by atoms with E-state index in [0.717, 1.165) is 23.3 Å². The van der Waals surface area contributed by atoms with Crippen LogP contribution in [0.25, 0.3) is 0 Å². The van der Waals surface area contributed by atoms with E-state index in [9.17, 15) is 13.2 Å². The first-order valence-corrected chi connectivity index (χ1v) is 11.5. The van der Waals surface area contributed by atoms with Gasteiger partial charge in [-0.1, -0.05) is 30.3 Å². The zero-order chi connectivity index (χ0) is 19.3. The Labute approximate surface area is 165 Å². The van der Waals surface area contributed by atoms with Crippen molar-refractivity contribution in [2.75, 3.05) is 18.8 Å². The van der Waals surface area contributed by atoms with E-state index in [1.54, 1.807) is 24.3 Å². The molecule has 1 aliphatic heterocycles. The number of rotatable bonds is 7. The van der Waals surface area contributed by atoms with Crippen LogP contribution in [0.1, 0.15) is 31.4 Å². The first-order chi connectivity index (χ1) is 13.0. The van der Waals surface area contributed by atoms with E-state index < -0.39 is 10.0 Å². The van der Waals surface area contributed by atoms with Gasteiger partial charge in [0.15, 0.2) is 0 Å².